The van der Waals surface area contributed by atoms with E-state index in [2.05, 4.69) is 5.32 Å². The summed E-state index contributed by atoms with van der Waals surface area (Å²) in [5.74, 6) is -0.236. The van der Waals surface area contributed by atoms with Crippen LogP contribution in [0.1, 0.15) is 33.3 Å². The molecule has 0 unspecified atom stereocenters. The second-order valence-electron chi connectivity index (χ2n) is 6.83. The maximum Gasteiger partial charge on any atom is 0.408 e. The van der Waals surface area contributed by atoms with Crippen LogP contribution in [0.25, 0.3) is 0 Å². The van der Waals surface area contributed by atoms with Gasteiger partial charge in [0.15, 0.2) is 0 Å². The Balaban J connectivity index is 2.52. The number of carbonyl (C=O) groups is 2. The summed E-state index contributed by atoms with van der Waals surface area (Å²) in [6.07, 6.45) is -0.647. The van der Waals surface area contributed by atoms with Gasteiger partial charge in [0.05, 0.1) is 6.61 Å². The number of amides is 1. The van der Waals surface area contributed by atoms with Crippen LogP contribution >= 0.6 is 11.6 Å². The van der Waals surface area contributed by atoms with Gasteiger partial charge in [0.25, 0.3) is 0 Å². The zero-order valence-electron chi connectivity index (χ0n) is 14.7. The van der Waals surface area contributed by atoms with Crippen molar-refractivity contribution in [3.8, 4) is 0 Å². The summed E-state index contributed by atoms with van der Waals surface area (Å²) in [6.45, 7) is 7.80. The minimum Gasteiger partial charge on any atom is -0.464 e. The van der Waals surface area contributed by atoms with E-state index in [1.165, 1.54) is 0 Å². The maximum absolute atomic E-state index is 12.2. The van der Waals surface area contributed by atoms with E-state index in [0.29, 0.717) is 5.88 Å². The fraction of sp³-hybridized carbons (Fsp3) is 0.556. The van der Waals surface area contributed by atoms with Crippen molar-refractivity contribution in [2.24, 2.45) is 11.3 Å². The number of ether oxygens (including phenoxy) is 2. The van der Waals surface area contributed by atoms with E-state index < -0.39 is 18.1 Å². The SMILES string of the molecule is CC(C)[C@H](NC(=O)OCc1ccccc1)C(=O)OCC(C)(C)CCl. The van der Waals surface area contributed by atoms with Crippen LogP contribution in [-0.2, 0) is 20.9 Å². The Morgan fingerprint density at radius 2 is 1.79 bits per heavy atom. The van der Waals surface area contributed by atoms with Crippen molar-refractivity contribution in [1.82, 2.24) is 5.32 Å². The number of alkyl halides is 1. The van der Waals surface area contributed by atoms with Gasteiger partial charge < -0.3 is 14.8 Å². The van der Waals surface area contributed by atoms with Gasteiger partial charge in [0.1, 0.15) is 12.6 Å². The van der Waals surface area contributed by atoms with Crippen LogP contribution in [0, 0.1) is 11.3 Å². The zero-order chi connectivity index (χ0) is 18.2. The van der Waals surface area contributed by atoms with Crippen LogP contribution in [0.4, 0.5) is 4.79 Å². The molecule has 0 aliphatic heterocycles. The van der Waals surface area contributed by atoms with E-state index in [1.807, 2.05) is 58.0 Å². The largest absolute Gasteiger partial charge is 0.464 e. The number of halogens is 1. The molecule has 0 spiro atoms. The Labute approximate surface area is 148 Å². The third-order valence-corrected chi connectivity index (χ3v) is 4.10. The van der Waals surface area contributed by atoms with Gasteiger partial charge in [-0.1, -0.05) is 58.0 Å². The number of carbonyl (C=O) groups excluding carboxylic acids is 2. The predicted molar refractivity (Wildman–Crippen MR) is 93.8 cm³/mol. The summed E-state index contributed by atoms with van der Waals surface area (Å²) in [4.78, 5) is 24.2. The minimum atomic E-state index is -0.764. The summed E-state index contributed by atoms with van der Waals surface area (Å²) < 4.78 is 10.4. The summed E-state index contributed by atoms with van der Waals surface area (Å²) in [7, 11) is 0. The molecule has 1 N–H and O–H groups in total. The number of hydrogen-bond donors (Lipinski definition) is 1. The monoisotopic (exact) mass is 355 g/mol. The normalized spacial score (nSPS) is 12.6. The molecule has 1 aromatic rings. The first kappa shape index (κ1) is 20.3. The third kappa shape index (κ3) is 7.21. The second-order valence-corrected chi connectivity index (χ2v) is 7.10. The lowest BCUT2D eigenvalue weighted by Gasteiger charge is -2.25. The smallest absolute Gasteiger partial charge is 0.408 e. The summed E-state index contributed by atoms with van der Waals surface area (Å²) in [5.41, 5.74) is 0.562. The summed E-state index contributed by atoms with van der Waals surface area (Å²) >= 11 is 5.82. The Morgan fingerprint density at radius 1 is 1.17 bits per heavy atom. The van der Waals surface area contributed by atoms with Crippen LogP contribution in [0.3, 0.4) is 0 Å². The highest BCUT2D eigenvalue weighted by Crippen LogP contribution is 2.18. The van der Waals surface area contributed by atoms with E-state index in [9.17, 15) is 9.59 Å². The lowest BCUT2D eigenvalue weighted by Crippen LogP contribution is -2.46. The van der Waals surface area contributed by atoms with E-state index in [4.69, 9.17) is 21.1 Å². The molecule has 1 aromatic carbocycles. The molecule has 24 heavy (non-hydrogen) atoms. The van der Waals surface area contributed by atoms with Crippen molar-refractivity contribution in [2.45, 2.75) is 40.3 Å². The Morgan fingerprint density at radius 3 is 2.33 bits per heavy atom. The maximum atomic E-state index is 12.2. The number of nitrogens with one attached hydrogen (secondary N) is 1. The highest BCUT2D eigenvalue weighted by atomic mass is 35.5. The molecule has 1 rings (SSSR count). The van der Waals surface area contributed by atoms with Crippen molar-refractivity contribution in [3.05, 3.63) is 35.9 Å². The van der Waals surface area contributed by atoms with Crippen molar-refractivity contribution in [3.63, 3.8) is 0 Å². The molecule has 0 heterocycles. The molecule has 0 radical (unpaired) electrons. The van der Waals surface area contributed by atoms with E-state index >= 15 is 0 Å². The minimum absolute atomic E-state index is 0.124. The first-order chi connectivity index (χ1) is 11.2. The van der Waals surface area contributed by atoms with Gasteiger partial charge in [0.2, 0.25) is 0 Å². The molecule has 0 saturated heterocycles. The van der Waals surface area contributed by atoms with E-state index in [0.717, 1.165) is 5.56 Å². The molecule has 1 amide bonds. The first-order valence-electron chi connectivity index (χ1n) is 7.95. The summed E-state index contributed by atoms with van der Waals surface area (Å²) in [6, 6.07) is 8.56. The number of hydrogen-bond acceptors (Lipinski definition) is 4. The average Bonchev–Trinajstić information content (AvgIpc) is 2.56. The molecule has 1 atom stereocenters. The topological polar surface area (TPSA) is 64.6 Å². The number of esters is 1. The molecule has 0 aliphatic rings. The molecule has 0 saturated carbocycles. The second kappa shape index (κ2) is 9.52. The molecular formula is C18H26ClNO4. The molecule has 0 aliphatic carbocycles. The van der Waals surface area contributed by atoms with Crippen LogP contribution < -0.4 is 5.32 Å². The van der Waals surface area contributed by atoms with E-state index in [-0.39, 0.29) is 24.5 Å². The van der Waals surface area contributed by atoms with Crippen molar-refractivity contribution < 1.29 is 19.1 Å². The zero-order valence-corrected chi connectivity index (χ0v) is 15.4. The molecule has 0 fully saturated rings. The third-order valence-electron chi connectivity index (χ3n) is 3.37. The number of rotatable bonds is 8. The highest BCUT2D eigenvalue weighted by Gasteiger charge is 2.28. The molecule has 5 nitrogen and oxygen atoms in total. The predicted octanol–water partition coefficient (Wildman–Crippen LogP) is 3.75. The fourth-order valence-electron chi connectivity index (χ4n) is 1.78. The lowest BCUT2D eigenvalue weighted by molar-refractivity contribution is -0.149. The van der Waals surface area contributed by atoms with Gasteiger partial charge in [-0.3, -0.25) is 0 Å². The average molecular weight is 356 g/mol. The van der Waals surface area contributed by atoms with Gasteiger partial charge in [-0.15, -0.1) is 11.6 Å². The van der Waals surface area contributed by atoms with E-state index in [1.54, 1.807) is 0 Å². The van der Waals surface area contributed by atoms with Crippen molar-refractivity contribution in [1.29, 1.82) is 0 Å². The van der Waals surface area contributed by atoms with Crippen LogP contribution in [0.15, 0.2) is 30.3 Å². The van der Waals surface area contributed by atoms with Crippen LogP contribution in [0.2, 0.25) is 0 Å². The number of benzene rings is 1. The van der Waals surface area contributed by atoms with Crippen LogP contribution in [-0.4, -0.2) is 30.6 Å². The van der Waals surface area contributed by atoms with Gasteiger partial charge in [0, 0.05) is 11.3 Å². The van der Waals surface area contributed by atoms with Gasteiger partial charge in [-0.05, 0) is 11.5 Å². The quantitative estimate of drug-likeness (QED) is 0.569. The number of alkyl carbamates (subject to hydrolysis) is 1. The summed E-state index contributed by atoms with van der Waals surface area (Å²) in [5, 5.41) is 2.57. The van der Waals surface area contributed by atoms with Gasteiger partial charge in [-0.2, -0.15) is 0 Å². The molecule has 134 valence electrons. The highest BCUT2D eigenvalue weighted by molar-refractivity contribution is 6.18. The van der Waals surface area contributed by atoms with Crippen molar-refractivity contribution >= 4 is 23.7 Å². The molecule has 0 bridgehead atoms. The first-order valence-corrected chi connectivity index (χ1v) is 8.48. The standard InChI is InChI=1S/C18H26ClNO4/c1-13(2)15(16(21)24-12-18(3,4)11-19)20-17(22)23-10-14-8-6-5-7-9-14/h5-9,13,15H,10-12H2,1-4H3,(H,20,22)/t15-/m0/s1. The van der Waals surface area contributed by atoms with Gasteiger partial charge in [-0.25, -0.2) is 9.59 Å². The lowest BCUT2D eigenvalue weighted by atomic mass is 9.98. The van der Waals surface area contributed by atoms with Crippen LogP contribution in [0.5, 0.6) is 0 Å². The Kier molecular flexibility index (Phi) is 8.05. The molecular weight excluding hydrogens is 330 g/mol. The Bertz CT molecular complexity index is 531. The molecule has 6 heteroatoms. The van der Waals surface area contributed by atoms with Crippen molar-refractivity contribution in [2.75, 3.05) is 12.5 Å². The Hall–Kier alpha value is -1.75. The molecule has 0 aromatic heterocycles. The van der Waals surface area contributed by atoms with Gasteiger partial charge >= 0.3 is 12.1 Å². The fourth-order valence-corrected chi connectivity index (χ4v) is 1.86.